The smallest absolute Gasteiger partial charge is 0.162 e. The zero-order chi connectivity index (χ0) is 13.5. The molecule has 0 amide bonds. The van der Waals surface area contributed by atoms with Crippen LogP contribution in [0.2, 0.25) is 0 Å². The van der Waals surface area contributed by atoms with Gasteiger partial charge in [-0.3, -0.25) is 0 Å². The molecule has 0 saturated carbocycles. The Morgan fingerprint density at radius 3 is 2.84 bits per heavy atom. The molecule has 0 radical (unpaired) electrons. The first-order valence-electron chi connectivity index (χ1n) is 6.67. The maximum Gasteiger partial charge on any atom is 0.162 e. The molecule has 1 aromatic rings. The van der Waals surface area contributed by atoms with Gasteiger partial charge >= 0.3 is 0 Å². The molecule has 0 fully saturated rings. The number of ether oxygens (including phenoxy) is 3. The van der Waals surface area contributed by atoms with E-state index in [4.69, 9.17) is 19.9 Å². The van der Waals surface area contributed by atoms with Crippen LogP contribution in [-0.2, 0) is 4.74 Å². The van der Waals surface area contributed by atoms with Crippen LogP contribution in [0.25, 0.3) is 0 Å². The molecule has 1 aliphatic heterocycles. The normalized spacial score (nSPS) is 15.9. The van der Waals surface area contributed by atoms with E-state index in [-0.39, 0.29) is 6.10 Å². The van der Waals surface area contributed by atoms with Gasteiger partial charge in [0, 0.05) is 30.2 Å². The zero-order valence-corrected chi connectivity index (χ0v) is 12.1. The maximum absolute atomic E-state index is 5.68. The molecule has 2 N–H and O–H groups in total. The Balaban J connectivity index is 1.95. The van der Waals surface area contributed by atoms with Crippen LogP contribution in [0.5, 0.6) is 11.5 Å². The molecule has 1 aliphatic rings. The van der Waals surface area contributed by atoms with E-state index in [0.29, 0.717) is 19.8 Å². The van der Waals surface area contributed by atoms with Gasteiger partial charge < -0.3 is 19.9 Å². The number of benzene rings is 1. The summed E-state index contributed by atoms with van der Waals surface area (Å²) >= 11 is 1.73. The number of nitrogens with two attached hydrogens (primary N) is 1. The van der Waals surface area contributed by atoms with Gasteiger partial charge in [0.2, 0.25) is 0 Å². The second kappa shape index (κ2) is 7.62. The van der Waals surface area contributed by atoms with Gasteiger partial charge in [0.25, 0.3) is 0 Å². The number of thioether (sulfide) groups is 1. The van der Waals surface area contributed by atoms with Gasteiger partial charge in [-0.25, -0.2) is 0 Å². The second-order valence-electron chi connectivity index (χ2n) is 4.28. The van der Waals surface area contributed by atoms with Crippen molar-refractivity contribution in [1.82, 2.24) is 0 Å². The van der Waals surface area contributed by atoms with E-state index >= 15 is 0 Å². The van der Waals surface area contributed by atoms with Crippen molar-refractivity contribution < 1.29 is 14.2 Å². The van der Waals surface area contributed by atoms with Crippen molar-refractivity contribution in [3.63, 3.8) is 0 Å². The van der Waals surface area contributed by atoms with Crippen LogP contribution in [0.3, 0.4) is 0 Å². The fraction of sp³-hybridized carbons (Fsp3) is 0.571. The molecule has 0 aliphatic carbocycles. The average molecular weight is 283 g/mol. The van der Waals surface area contributed by atoms with Gasteiger partial charge in [0.15, 0.2) is 11.5 Å². The van der Waals surface area contributed by atoms with Gasteiger partial charge in [0.1, 0.15) is 0 Å². The minimum absolute atomic E-state index is 0.103. The fourth-order valence-corrected chi connectivity index (χ4v) is 2.81. The van der Waals surface area contributed by atoms with Gasteiger partial charge in [0.05, 0.1) is 19.3 Å². The van der Waals surface area contributed by atoms with Crippen molar-refractivity contribution in [1.29, 1.82) is 0 Å². The fourth-order valence-electron chi connectivity index (χ4n) is 1.84. The van der Waals surface area contributed by atoms with Crippen molar-refractivity contribution in [2.45, 2.75) is 24.3 Å². The third-order valence-corrected chi connectivity index (χ3v) is 3.95. The van der Waals surface area contributed by atoms with E-state index < -0.39 is 0 Å². The second-order valence-corrected chi connectivity index (χ2v) is 5.38. The summed E-state index contributed by atoms with van der Waals surface area (Å²) in [4.78, 5) is 1.16. The van der Waals surface area contributed by atoms with Crippen LogP contribution in [0.1, 0.15) is 13.3 Å². The minimum Gasteiger partial charge on any atom is -0.490 e. The SMILES string of the molecule is CCOC(CN)CSc1ccc2c(c1)OCCCO2. The quantitative estimate of drug-likeness (QED) is 0.812. The number of rotatable bonds is 6. The van der Waals surface area contributed by atoms with E-state index in [1.54, 1.807) is 11.8 Å². The third-order valence-electron chi connectivity index (χ3n) is 2.82. The molecule has 1 heterocycles. The Hall–Kier alpha value is -0.910. The molecule has 1 aromatic carbocycles. The Morgan fingerprint density at radius 2 is 2.11 bits per heavy atom. The van der Waals surface area contributed by atoms with Crippen LogP contribution in [0.4, 0.5) is 0 Å². The van der Waals surface area contributed by atoms with Crippen molar-refractivity contribution in [3.8, 4) is 11.5 Å². The molecule has 2 rings (SSSR count). The summed E-state index contributed by atoms with van der Waals surface area (Å²) in [5.41, 5.74) is 5.67. The van der Waals surface area contributed by atoms with E-state index in [0.717, 1.165) is 35.2 Å². The summed E-state index contributed by atoms with van der Waals surface area (Å²) in [7, 11) is 0. The lowest BCUT2D eigenvalue weighted by atomic mass is 10.3. The molecule has 1 atom stereocenters. The van der Waals surface area contributed by atoms with Crippen LogP contribution in [0, 0.1) is 0 Å². The van der Waals surface area contributed by atoms with E-state index in [1.807, 2.05) is 19.1 Å². The summed E-state index contributed by atoms with van der Waals surface area (Å²) in [6, 6.07) is 6.06. The summed E-state index contributed by atoms with van der Waals surface area (Å²) in [6.45, 7) is 4.67. The number of hydrogen-bond acceptors (Lipinski definition) is 5. The summed E-state index contributed by atoms with van der Waals surface area (Å²) < 4.78 is 16.8. The molecule has 0 aromatic heterocycles. The molecular weight excluding hydrogens is 262 g/mol. The standard InChI is InChI=1S/C14H21NO3S/c1-2-16-11(9-15)10-19-12-4-5-13-14(8-12)18-7-3-6-17-13/h4-5,8,11H,2-3,6-7,9-10,15H2,1H3. The third kappa shape index (κ3) is 4.30. The van der Waals surface area contributed by atoms with Crippen molar-refractivity contribution >= 4 is 11.8 Å². The molecule has 0 saturated heterocycles. The molecule has 0 spiro atoms. The minimum atomic E-state index is 0.103. The Labute approximate surface area is 118 Å². The summed E-state index contributed by atoms with van der Waals surface area (Å²) in [5, 5.41) is 0. The number of fused-ring (bicyclic) bond motifs is 1. The molecule has 0 bridgehead atoms. The van der Waals surface area contributed by atoms with Gasteiger partial charge in [-0.15, -0.1) is 11.8 Å². The summed E-state index contributed by atoms with van der Waals surface area (Å²) in [5.74, 6) is 2.52. The van der Waals surface area contributed by atoms with Gasteiger partial charge in [-0.2, -0.15) is 0 Å². The summed E-state index contributed by atoms with van der Waals surface area (Å²) in [6.07, 6.45) is 1.03. The zero-order valence-electron chi connectivity index (χ0n) is 11.3. The first-order valence-corrected chi connectivity index (χ1v) is 7.66. The van der Waals surface area contributed by atoms with Crippen LogP contribution in [-0.4, -0.2) is 38.2 Å². The van der Waals surface area contributed by atoms with Gasteiger partial charge in [-0.05, 0) is 25.1 Å². The Kier molecular flexibility index (Phi) is 5.82. The van der Waals surface area contributed by atoms with E-state index in [1.165, 1.54) is 0 Å². The highest BCUT2D eigenvalue weighted by Gasteiger charge is 2.12. The van der Waals surface area contributed by atoms with Crippen LogP contribution < -0.4 is 15.2 Å². The molecule has 106 valence electrons. The molecule has 5 heteroatoms. The molecule has 1 unspecified atom stereocenters. The molecular formula is C14H21NO3S. The first-order chi connectivity index (χ1) is 9.33. The Bertz CT molecular complexity index is 400. The lowest BCUT2D eigenvalue weighted by Gasteiger charge is -2.15. The monoisotopic (exact) mass is 283 g/mol. The van der Waals surface area contributed by atoms with Crippen LogP contribution in [0.15, 0.2) is 23.1 Å². The average Bonchev–Trinajstić information content (AvgIpc) is 2.68. The molecule has 4 nitrogen and oxygen atoms in total. The first kappa shape index (κ1) is 14.5. The molecule has 19 heavy (non-hydrogen) atoms. The highest BCUT2D eigenvalue weighted by atomic mass is 32.2. The van der Waals surface area contributed by atoms with Crippen molar-refractivity contribution in [2.24, 2.45) is 5.73 Å². The van der Waals surface area contributed by atoms with E-state index in [2.05, 4.69) is 6.07 Å². The topological polar surface area (TPSA) is 53.7 Å². The number of hydrogen-bond donors (Lipinski definition) is 1. The van der Waals surface area contributed by atoms with E-state index in [9.17, 15) is 0 Å². The maximum atomic E-state index is 5.68. The van der Waals surface area contributed by atoms with Crippen molar-refractivity contribution in [2.75, 3.05) is 32.1 Å². The largest absolute Gasteiger partial charge is 0.490 e. The lowest BCUT2D eigenvalue weighted by Crippen LogP contribution is -2.26. The Morgan fingerprint density at radius 1 is 1.32 bits per heavy atom. The predicted octanol–water partition coefficient (Wildman–Crippen LogP) is 2.30. The van der Waals surface area contributed by atoms with Gasteiger partial charge in [-0.1, -0.05) is 0 Å². The highest BCUT2D eigenvalue weighted by Crippen LogP contribution is 2.34. The lowest BCUT2D eigenvalue weighted by molar-refractivity contribution is 0.0858. The van der Waals surface area contributed by atoms with Crippen LogP contribution >= 0.6 is 11.8 Å². The van der Waals surface area contributed by atoms with Crippen molar-refractivity contribution in [3.05, 3.63) is 18.2 Å². The predicted molar refractivity (Wildman–Crippen MR) is 77.2 cm³/mol. The highest BCUT2D eigenvalue weighted by molar-refractivity contribution is 7.99.